The van der Waals surface area contributed by atoms with Crippen LogP contribution < -0.4 is 10.6 Å². The van der Waals surface area contributed by atoms with Gasteiger partial charge in [0, 0.05) is 23.5 Å². The number of nitrogens with one attached hydrogen (secondary N) is 2. The molecular formula is C27H29N3OS. The summed E-state index contributed by atoms with van der Waals surface area (Å²) < 4.78 is 0. The molecule has 0 heterocycles. The topological polar surface area (TPSA) is 53.5 Å². The van der Waals surface area contributed by atoms with Crippen molar-refractivity contribution < 1.29 is 4.79 Å². The number of hydrogen-bond acceptors (Lipinski definition) is 3. The van der Waals surface area contributed by atoms with Gasteiger partial charge in [0.15, 0.2) is 0 Å². The van der Waals surface area contributed by atoms with E-state index in [1.54, 1.807) is 11.8 Å². The van der Waals surface area contributed by atoms with Gasteiger partial charge in [-0.3, -0.25) is 9.79 Å². The van der Waals surface area contributed by atoms with Gasteiger partial charge in [-0.2, -0.15) is 11.8 Å². The van der Waals surface area contributed by atoms with Gasteiger partial charge in [-0.05, 0) is 72.5 Å². The van der Waals surface area contributed by atoms with E-state index in [2.05, 4.69) is 52.2 Å². The maximum atomic E-state index is 12.9. The Morgan fingerprint density at radius 1 is 1.03 bits per heavy atom. The molecule has 164 valence electrons. The number of hydrogen-bond donors (Lipinski definition) is 2. The highest BCUT2D eigenvalue weighted by molar-refractivity contribution is 7.98. The second-order valence-corrected chi connectivity index (χ2v) is 8.99. The quantitative estimate of drug-likeness (QED) is 0.269. The Hall–Kier alpha value is -3.05. The van der Waals surface area contributed by atoms with Crippen LogP contribution in [-0.4, -0.2) is 30.3 Å². The van der Waals surface area contributed by atoms with Gasteiger partial charge >= 0.3 is 0 Å². The van der Waals surface area contributed by atoms with Crippen molar-refractivity contribution in [2.75, 3.05) is 23.9 Å². The summed E-state index contributed by atoms with van der Waals surface area (Å²) in [4.78, 5) is 17.5. The van der Waals surface area contributed by atoms with Gasteiger partial charge in [0.2, 0.25) is 0 Å². The van der Waals surface area contributed by atoms with Crippen molar-refractivity contribution in [3.8, 4) is 11.1 Å². The van der Waals surface area contributed by atoms with Crippen molar-refractivity contribution >= 4 is 29.2 Å². The Kier molecular flexibility index (Phi) is 7.28. The van der Waals surface area contributed by atoms with E-state index in [4.69, 9.17) is 0 Å². The Morgan fingerprint density at radius 3 is 2.53 bits per heavy atom. The number of anilines is 1. The number of fused-ring (bicyclic) bond motifs is 1. The molecule has 0 aromatic heterocycles. The lowest BCUT2D eigenvalue weighted by Crippen LogP contribution is -2.27. The molecule has 0 saturated heterocycles. The van der Waals surface area contributed by atoms with E-state index in [1.807, 2.05) is 49.4 Å². The first-order valence-corrected chi connectivity index (χ1v) is 12.4. The molecule has 5 heteroatoms. The maximum absolute atomic E-state index is 12.9. The number of amidine groups is 1. The van der Waals surface area contributed by atoms with Gasteiger partial charge in [-0.15, -0.1) is 0 Å². The van der Waals surface area contributed by atoms with E-state index in [0.717, 1.165) is 47.8 Å². The Labute approximate surface area is 194 Å². The van der Waals surface area contributed by atoms with Crippen LogP contribution in [0.15, 0.2) is 77.8 Å². The molecule has 0 saturated carbocycles. The number of rotatable bonds is 7. The van der Waals surface area contributed by atoms with Crippen LogP contribution >= 0.6 is 11.8 Å². The average molecular weight is 444 g/mol. The van der Waals surface area contributed by atoms with Crippen LogP contribution in [0.1, 0.15) is 40.9 Å². The fourth-order valence-electron chi connectivity index (χ4n) is 4.07. The molecule has 1 aliphatic rings. The first-order valence-electron chi connectivity index (χ1n) is 11.0. The third-order valence-corrected chi connectivity index (χ3v) is 6.34. The number of carbonyl (C=O) groups excluding carboxylic acids is 1. The molecule has 32 heavy (non-hydrogen) atoms. The lowest BCUT2D eigenvalue weighted by Gasteiger charge is -2.16. The normalized spacial score (nSPS) is 15.3. The number of aliphatic imine (C=N–C) groups is 1. The van der Waals surface area contributed by atoms with Gasteiger partial charge < -0.3 is 10.6 Å². The molecule has 2 N–H and O–H groups in total. The predicted octanol–water partition coefficient (Wildman–Crippen LogP) is 5.96. The molecule has 4 rings (SSSR count). The maximum Gasteiger partial charge on any atom is 0.251 e. The number of nitrogens with zero attached hydrogens (tertiary/aromatic N) is 1. The number of carbonyl (C=O) groups is 1. The SMILES string of the molecule is CSCCN=C(C)Nc1ccc2c(c1)C(NC(=O)c1ccc(-c3ccccc3)cc1)CC2. The van der Waals surface area contributed by atoms with Crippen molar-refractivity contribution in [1.29, 1.82) is 0 Å². The minimum Gasteiger partial charge on any atom is -0.345 e. The number of amides is 1. The third-order valence-electron chi connectivity index (χ3n) is 5.75. The van der Waals surface area contributed by atoms with Crippen molar-refractivity contribution in [3.63, 3.8) is 0 Å². The van der Waals surface area contributed by atoms with Crippen molar-refractivity contribution in [1.82, 2.24) is 5.32 Å². The zero-order chi connectivity index (χ0) is 22.3. The predicted molar refractivity (Wildman–Crippen MR) is 137 cm³/mol. The van der Waals surface area contributed by atoms with Crippen LogP contribution in [0, 0.1) is 0 Å². The lowest BCUT2D eigenvalue weighted by atomic mass is 10.0. The molecule has 0 spiro atoms. The highest BCUT2D eigenvalue weighted by Gasteiger charge is 2.24. The van der Waals surface area contributed by atoms with E-state index in [-0.39, 0.29) is 11.9 Å². The minimum absolute atomic E-state index is 0.0294. The first-order chi connectivity index (χ1) is 15.6. The summed E-state index contributed by atoms with van der Waals surface area (Å²) in [6.07, 6.45) is 3.99. The minimum atomic E-state index is -0.0318. The summed E-state index contributed by atoms with van der Waals surface area (Å²) in [5.74, 6) is 1.90. The van der Waals surface area contributed by atoms with Crippen molar-refractivity contribution in [3.05, 3.63) is 89.5 Å². The molecule has 0 radical (unpaired) electrons. The smallest absolute Gasteiger partial charge is 0.251 e. The molecule has 4 nitrogen and oxygen atoms in total. The van der Waals surface area contributed by atoms with E-state index >= 15 is 0 Å². The van der Waals surface area contributed by atoms with E-state index < -0.39 is 0 Å². The molecule has 0 bridgehead atoms. The summed E-state index contributed by atoms with van der Waals surface area (Å²) in [6.45, 7) is 2.80. The van der Waals surface area contributed by atoms with Gasteiger partial charge in [-0.1, -0.05) is 48.5 Å². The molecule has 0 aliphatic heterocycles. The van der Waals surface area contributed by atoms with Gasteiger partial charge in [0.05, 0.1) is 11.9 Å². The van der Waals surface area contributed by atoms with Crippen LogP contribution in [0.2, 0.25) is 0 Å². The number of aryl methyl sites for hydroxylation is 1. The molecule has 1 aliphatic carbocycles. The third kappa shape index (κ3) is 5.40. The van der Waals surface area contributed by atoms with Crippen molar-refractivity contribution in [2.24, 2.45) is 4.99 Å². The molecule has 3 aromatic carbocycles. The van der Waals surface area contributed by atoms with E-state index in [0.29, 0.717) is 5.56 Å². The van der Waals surface area contributed by atoms with E-state index in [1.165, 1.54) is 11.1 Å². The van der Waals surface area contributed by atoms with Crippen LogP contribution in [0.5, 0.6) is 0 Å². The highest BCUT2D eigenvalue weighted by Crippen LogP contribution is 2.33. The van der Waals surface area contributed by atoms with E-state index in [9.17, 15) is 4.79 Å². The van der Waals surface area contributed by atoms with Crippen molar-refractivity contribution in [2.45, 2.75) is 25.8 Å². The summed E-state index contributed by atoms with van der Waals surface area (Å²) in [5.41, 5.74) is 6.46. The Balaban J connectivity index is 1.43. The summed E-state index contributed by atoms with van der Waals surface area (Å²) in [6, 6.07) is 24.5. The summed E-state index contributed by atoms with van der Waals surface area (Å²) in [5, 5.41) is 6.62. The number of thioether (sulfide) groups is 1. The van der Waals surface area contributed by atoms with Crippen LogP contribution in [-0.2, 0) is 6.42 Å². The largest absolute Gasteiger partial charge is 0.345 e. The molecule has 3 aromatic rings. The highest BCUT2D eigenvalue weighted by atomic mass is 32.2. The molecule has 1 amide bonds. The zero-order valence-electron chi connectivity index (χ0n) is 18.6. The average Bonchev–Trinajstić information content (AvgIpc) is 3.22. The van der Waals surface area contributed by atoms with Crippen LogP contribution in [0.25, 0.3) is 11.1 Å². The summed E-state index contributed by atoms with van der Waals surface area (Å²) in [7, 11) is 0. The monoisotopic (exact) mass is 443 g/mol. The number of benzene rings is 3. The Bertz CT molecular complexity index is 1090. The molecule has 1 atom stereocenters. The van der Waals surface area contributed by atoms with Gasteiger partial charge in [-0.25, -0.2) is 0 Å². The van der Waals surface area contributed by atoms with Crippen LogP contribution in [0.3, 0.4) is 0 Å². The fourth-order valence-corrected chi connectivity index (χ4v) is 4.34. The summed E-state index contributed by atoms with van der Waals surface area (Å²) >= 11 is 1.79. The second-order valence-electron chi connectivity index (χ2n) is 8.01. The second kappa shape index (κ2) is 10.5. The van der Waals surface area contributed by atoms with Gasteiger partial charge in [0.25, 0.3) is 5.91 Å². The van der Waals surface area contributed by atoms with Gasteiger partial charge in [0.1, 0.15) is 0 Å². The zero-order valence-corrected chi connectivity index (χ0v) is 19.4. The molecule has 1 unspecified atom stereocenters. The first kappa shape index (κ1) is 22.2. The standard InChI is InChI=1S/C27H29N3OS/c1-19(28-16-17-32-2)29-24-14-12-22-13-15-26(25(22)18-24)30-27(31)23-10-8-21(9-11-23)20-6-4-3-5-7-20/h3-12,14,18,26H,13,15-17H2,1-2H3,(H,28,29)(H,30,31). The fraction of sp³-hybridized carbons (Fsp3) is 0.259. The molecular weight excluding hydrogens is 414 g/mol. The lowest BCUT2D eigenvalue weighted by molar-refractivity contribution is 0.0936. The van der Waals surface area contributed by atoms with Crippen LogP contribution in [0.4, 0.5) is 5.69 Å². The molecule has 0 fully saturated rings. The Morgan fingerprint density at radius 2 is 1.78 bits per heavy atom.